The molecule has 3 aromatic rings. The van der Waals surface area contributed by atoms with Crippen molar-refractivity contribution < 1.29 is 19.0 Å². The van der Waals surface area contributed by atoms with E-state index in [-0.39, 0.29) is 11.9 Å². The maximum absolute atomic E-state index is 12.5. The molecule has 4 rings (SSSR count). The summed E-state index contributed by atoms with van der Waals surface area (Å²) in [6, 6.07) is 23.0. The third kappa shape index (κ3) is 5.92. The highest BCUT2D eigenvalue weighted by Crippen LogP contribution is 2.27. The molecule has 0 radical (unpaired) electrons. The van der Waals surface area contributed by atoms with E-state index in [1.54, 1.807) is 32.6 Å². The highest BCUT2D eigenvalue weighted by Gasteiger charge is 2.30. The first kappa shape index (κ1) is 23.3. The first-order valence-electron chi connectivity index (χ1n) is 11.0. The number of hydrogen-bond donors (Lipinski definition) is 3. The molecule has 8 heteroatoms. The molecule has 34 heavy (non-hydrogen) atoms. The van der Waals surface area contributed by atoms with Crippen LogP contribution in [0.1, 0.15) is 29.2 Å². The van der Waals surface area contributed by atoms with Gasteiger partial charge in [0.1, 0.15) is 18.4 Å². The minimum Gasteiger partial charge on any atom is -0.493 e. The summed E-state index contributed by atoms with van der Waals surface area (Å²) in [4.78, 5) is 12.5. The molecule has 0 bridgehead atoms. The van der Waals surface area contributed by atoms with Gasteiger partial charge in [-0.3, -0.25) is 4.79 Å². The fourth-order valence-electron chi connectivity index (χ4n) is 3.67. The molecule has 8 nitrogen and oxygen atoms in total. The summed E-state index contributed by atoms with van der Waals surface area (Å²) in [7, 11) is 3.15. The normalized spacial score (nSPS) is 17.5. The van der Waals surface area contributed by atoms with Gasteiger partial charge in [0.05, 0.1) is 20.4 Å². The number of amides is 1. The highest BCUT2D eigenvalue weighted by molar-refractivity contribution is 5.85. The number of carbonyl (C=O) groups is 1. The van der Waals surface area contributed by atoms with Gasteiger partial charge >= 0.3 is 0 Å². The molecule has 0 aromatic heterocycles. The van der Waals surface area contributed by atoms with Crippen molar-refractivity contribution in [2.24, 2.45) is 5.10 Å². The molecule has 0 spiro atoms. The Balaban J connectivity index is 1.26. The monoisotopic (exact) mass is 460 g/mol. The van der Waals surface area contributed by atoms with E-state index >= 15 is 0 Å². The number of carbonyl (C=O) groups excluding carboxylic acids is 1. The van der Waals surface area contributed by atoms with Crippen molar-refractivity contribution in [1.82, 2.24) is 16.3 Å². The van der Waals surface area contributed by atoms with Gasteiger partial charge in [0.15, 0.2) is 11.5 Å². The Morgan fingerprint density at radius 2 is 1.76 bits per heavy atom. The minimum atomic E-state index is -0.401. The van der Waals surface area contributed by atoms with Gasteiger partial charge in [-0.15, -0.1) is 0 Å². The number of nitrogens with one attached hydrogen (secondary N) is 3. The molecule has 1 aliphatic heterocycles. The second kappa shape index (κ2) is 11.3. The summed E-state index contributed by atoms with van der Waals surface area (Å²) in [5.74, 6) is 1.82. The van der Waals surface area contributed by atoms with Crippen LogP contribution in [0.25, 0.3) is 0 Å². The zero-order chi connectivity index (χ0) is 23.8. The lowest BCUT2D eigenvalue weighted by Gasteiger charge is -2.11. The third-order valence-corrected chi connectivity index (χ3v) is 5.55. The van der Waals surface area contributed by atoms with Crippen LogP contribution >= 0.6 is 0 Å². The molecular formula is C26H28N4O4. The minimum absolute atomic E-state index is 0.00810. The lowest BCUT2D eigenvalue weighted by Crippen LogP contribution is -2.41. The van der Waals surface area contributed by atoms with Gasteiger partial charge in [-0.2, -0.15) is 5.10 Å². The quantitative estimate of drug-likeness (QED) is 0.335. The van der Waals surface area contributed by atoms with Gasteiger partial charge in [0.2, 0.25) is 0 Å². The number of hydrazone groups is 1. The summed E-state index contributed by atoms with van der Waals surface area (Å²) >= 11 is 0. The Morgan fingerprint density at radius 3 is 2.50 bits per heavy atom. The zero-order valence-corrected chi connectivity index (χ0v) is 19.2. The summed E-state index contributed by atoms with van der Waals surface area (Å²) in [6.45, 7) is 0.523. The van der Waals surface area contributed by atoms with Crippen LogP contribution in [0.5, 0.6) is 17.2 Å². The van der Waals surface area contributed by atoms with E-state index < -0.39 is 6.04 Å². The fraction of sp³-hybridized carbons (Fsp3) is 0.231. The van der Waals surface area contributed by atoms with Crippen molar-refractivity contribution >= 4 is 12.1 Å². The van der Waals surface area contributed by atoms with Crippen LogP contribution in [0.3, 0.4) is 0 Å². The van der Waals surface area contributed by atoms with E-state index in [2.05, 4.69) is 21.4 Å². The largest absolute Gasteiger partial charge is 0.493 e. The Kier molecular flexibility index (Phi) is 7.75. The molecule has 1 fully saturated rings. The SMILES string of the molecule is COc1ccc(/C=N/NC(=O)C2CC(c3ccc(OCc4ccccc4)cc3)NN2)cc1OC. The van der Waals surface area contributed by atoms with Gasteiger partial charge in [0.25, 0.3) is 5.91 Å². The lowest BCUT2D eigenvalue weighted by molar-refractivity contribution is -0.122. The van der Waals surface area contributed by atoms with Crippen molar-refractivity contribution in [3.8, 4) is 17.2 Å². The predicted octanol–water partition coefficient (Wildman–Crippen LogP) is 3.34. The van der Waals surface area contributed by atoms with Crippen molar-refractivity contribution in [3.63, 3.8) is 0 Å². The maximum Gasteiger partial charge on any atom is 0.258 e. The summed E-state index contributed by atoms with van der Waals surface area (Å²) in [5.41, 5.74) is 11.8. The van der Waals surface area contributed by atoms with Gasteiger partial charge < -0.3 is 14.2 Å². The number of methoxy groups -OCH3 is 2. The van der Waals surface area contributed by atoms with Crippen LogP contribution in [0.2, 0.25) is 0 Å². The molecule has 1 heterocycles. The van der Waals surface area contributed by atoms with Gasteiger partial charge in [0, 0.05) is 6.04 Å². The van der Waals surface area contributed by atoms with Crippen LogP contribution in [-0.2, 0) is 11.4 Å². The smallest absolute Gasteiger partial charge is 0.258 e. The molecule has 2 atom stereocenters. The standard InChI is InChI=1S/C26H28N4O4/c1-32-24-13-8-19(14-25(24)33-2)16-27-30-26(31)23-15-22(28-29-23)20-9-11-21(12-10-20)34-17-18-6-4-3-5-7-18/h3-14,16,22-23,28-29H,15,17H2,1-2H3,(H,30,31)/b27-16+. The van der Waals surface area contributed by atoms with Crippen LogP contribution in [0.4, 0.5) is 0 Å². The molecule has 1 saturated heterocycles. The van der Waals surface area contributed by atoms with Crippen molar-refractivity contribution in [3.05, 3.63) is 89.5 Å². The fourth-order valence-corrected chi connectivity index (χ4v) is 3.67. The maximum atomic E-state index is 12.5. The molecule has 3 aromatic carbocycles. The average molecular weight is 461 g/mol. The summed E-state index contributed by atoms with van der Waals surface area (Å²) in [6.07, 6.45) is 2.16. The van der Waals surface area contributed by atoms with E-state index in [1.165, 1.54) is 0 Å². The highest BCUT2D eigenvalue weighted by atomic mass is 16.5. The molecular weight excluding hydrogens is 432 g/mol. The van der Waals surface area contributed by atoms with Gasteiger partial charge in [-0.25, -0.2) is 16.3 Å². The number of hydrogen-bond acceptors (Lipinski definition) is 7. The number of hydrazine groups is 1. The van der Waals surface area contributed by atoms with E-state index in [0.717, 1.165) is 22.4 Å². The van der Waals surface area contributed by atoms with Crippen LogP contribution in [0.15, 0.2) is 77.9 Å². The van der Waals surface area contributed by atoms with Crippen LogP contribution in [0, 0.1) is 0 Å². The topological polar surface area (TPSA) is 93.2 Å². The zero-order valence-electron chi connectivity index (χ0n) is 19.2. The second-order valence-corrected chi connectivity index (χ2v) is 7.82. The van der Waals surface area contributed by atoms with E-state index in [4.69, 9.17) is 14.2 Å². The summed E-state index contributed by atoms with van der Waals surface area (Å²) < 4.78 is 16.4. The Hall–Kier alpha value is -3.88. The van der Waals surface area contributed by atoms with E-state index in [0.29, 0.717) is 24.5 Å². The molecule has 1 amide bonds. The second-order valence-electron chi connectivity index (χ2n) is 7.82. The lowest BCUT2D eigenvalue weighted by atomic mass is 10.0. The first-order valence-corrected chi connectivity index (χ1v) is 11.0. The molecule has 176 valence electrons. The molecule has 1 aliphatic rings. The summed E-state index contributed by atoms with van der Waals surface area (Å²) in [5, 5.41) is 4.07. The Labute approximate surface area is 198 Å². The first-order chi connectivity index (χ1) is 16.7. The number of rotatable bonds is 9. The van der Waals surface area contributed by atoms with Crippen LogP contribution in [-0.4, -0.2) is 32.4 Å². The molecule has 2 unspecified atom stereocenters. The van der Waals surface area contributed by atoms with Crippen molar-refractivity contribution in [1.29, 1.82) is 0 Å². The van der Waals surface area contributed by atoms with Crippen molar-refractivity contribution in [2.75, 3.05) is 14.2 Å². The van der Waals surface area contributed by atoms with E-state index in [1.807, 2.05) is 60.7 Å². The predicted molar refractivity (Wildman–Crippen MR) is 130 cm³/mol. The van der Waals surface area contributed by atoms with E-state index in [9.17, 15) is 4.79 Å². The van der Waals surface area contributed by atoms with Gasteiger partial charge in [-0.1, -0.05) is 42.5 Å². The number of nitrogens with zero attached hydrogens (tertiary/aromatic N) is 1. The Bertz CT molecular complexity index is 1120. The van der Waals surface area contributed by atoms with Crippen LogP contribution < -0.4 is 30.5 Å². The van der Waals surface area contributed by atoms with Gasteiger partial charge in [-0.05, 0) is 53.4 Å². The van der Waals surface area contributed by atoms with Crippen molar-refractivity contribution in [2.45, 2.75) is 25.1 Å². The molecule has 0 aliphatic carbocycles. The average Bonchev–Trinajstić information content (AvgIpc) is 3.39. The third-order valence-electron chi connectivity index (χ3n) is 5.55. The Morgan fingerprint density at radius 1 is 1.00 bits per heavy atom. The molecule has 3 N–H and O–H groups in total. The number of benzene rings is 3. The molecule has 0 saturated carbocycles. The number of ether oxygens (including phenoxy) is 3.